The van der Waals surface area contributed by atoms with Crippen LogP contribution < -0.4 is 0 Å². The summed E-state index contributed by atoms with van der Waals surface area (Å²) in [6, 6.07) is 15.8. The first-order chi connectivity index (χ1) is 12.4. The van der Waals surface area contributed by atoms with Gasteiger partial charge in [-0.2, -0.15) is 0 Å². The van der Waals surface area contributed by atoms with Crippen molar-refractivity contribution in [2.24, 2.45) is 0 Å². The summed E-state index contributed by atoms with van der Waals surface area (Å²) in [6.07, 6.45) is 0. The highest BCUT2D eigenvalue weighted by Crippen LogP contribution is 2.23. The van der Waals surface area contributed by atoms with E-state index in [2.05, 4.69) is 9.97 Å². The molecule has 0 N–H and O–H groups in total. The van der Waals surface area contributed by atoms with Gasteiger partial charge < -0.3 is 0 Å². The molecule has 0 fully saturated rings. The highest BCUT2D eigenvalue weighted by atomic mass is 127. The second kappa shape index (κ2) is 7.48. The molecule has 0 unspecified atom stereocenters. The third kappa shape index (κ3) is 3.46. The number of hydrogen-bond donors (Lipinski definition) is 0. The molecule has 0 aliphatic heterocycles. The van der Waals surface area contributed by atoms with Crippen molar-refractivity contribution in [3.8, 4) is 0 Å². The molecule has 0 saturated heterocycles. The third-order valence-electron chi connectivity index (χ3n) is 3.40. The Morgan fingerprint density at radius 2 is 0.769 bits per heavy atom. The zero-order chi connectivity index (χ0) is 18.8. The van der Waals surface area contributed by atoms with Crippen LogP contribution in [0.1, 0.15) is 0 Å². The van der Waals surface area contributed by atoms with Gasteiger partial charge in [-0.1, -0.05) is 24.3 Å². The monoisotopic (exact) mass is 474 g/mol. The van der Waals surface area contributed by atoms with Gasteiger partial charge in [-0.15, -0.1) is 0 Å². The van der Waals surface area contributed by atoms with E-state index in [1.165, 1.54) is 0 Å². The first-order valence-electron chi connectivity index (χ1n) is 7.18. The van der Waals surface area contributed by atoms with Crippen molar-refractivity contribution >= 4 is 44.7 Å². The predicted molar refractivity (Wildman–Crippen MR) is 96.0 cm³/mol. The van der Waals surface area contributed by atoms with E-state index in [1.54, 1.807) is 0 Å². The van der Waals surface area contributed by atoms with Crippen LogP contribution in [0.5, 0.6) is 0 Å². The van der Waals surface area contributed by atoms with E-state index in [4.69, 9.17) is 0 Å². The molecule has 1 aromatic heterocycles. The molecule has 2 nitrogen and oxygen atoms in total. The Morgan fingerprint density at radius 3 is 1.08 bits per heavy atom. The first-order valence-corrected chi connectivity index (χ1v) is 8.26. The number of halogens is 6. The van der Waals surface area contributed by atoms with Crippen LogP contribution in [0.25, 0.3) is 22.1 Å². The van der Waals surface area contributed by atoms with Crippen LogP contribution in [-0.4, -0.2) is 9.97 Å². The smallest absolute Gasteiger partial charge is 0.200 e. The SMILES string of the molecule is Fc1c(F)c(F)c(I)c(F)c1F.c1ccc2nc3ccccc3nc2c1. The molecular formula is C18H8F5IN2. The predicted octanol–water partition coefficient (Wildman–Crippen LogP) is 5.77. The quantitative estimate of drug-likeness (QED) is 0.106. The van der Waals surface area contributed by atoms with Crippen LogP contribution in [0.15, 0.2) is 48.5 Å². The van der Waals surface area contributed by atoms with Crippen LogP contribution in [0, 0.1) is 32.7 Å². The fourth-order valence-corrected chi connectivity index (χ4v) is 2.62. The van der Waals surface area contributed by atoms with E-state index in [0.717, 1.165) is 44.7 Å². The number of para-hydroxylation sites is 4. The number of fused-ring (bicyclic) bond motifs is 2. The molecule has 4 aromatic rings. The van der Waals surface area contributed by atoms with E-state index < -0.39 is 32.7 Å². The third-order valence-corrected chi connectivity index (χ3v) is 4.35. The van der Waals surface area contributed by atoms with Crippen molar-refractivity contribution in [2.75, 3.05) is 0 Å². The summed E-state index contributed by atoms with van der Waals surface area (Å²) < 4.78 is 60.6. The van der Waals surface area contributed by atoms with Crippen LogP contribution >= 0.6 is 22.6 Å². The van der Waals surface area contributed by atoms with E-state index in [1.807, 2.05) is 48.5 Å². The molecule has 0 aliphatic rings. The topological polar surface area (TPSA) is 25.8 Å². The van der Waals surface area contributed by atoms with Gasteiger partial charge in [0.25, 0.3) is 0 Å². The summed E-state index contributed by atoms with van der Waals surface area (Å²) in [5, 5.41) is 0. The molecule has 0 bridgehead atoms. The standard InChI is InChI=1S/C12H8N2.C6F5I/c1-2-6-10-9(5-1)13-11-7-3-4-8-12(11)14-10;7-1-2(8)4(10)6(12)5(11)3(1)9/h1-8H;. The van der Waals surface area contributed by atoms with Gasteiger partial charge in [0.05, 0.1) is 25.6 Å². The summed E-state index contributed by atoms with van der Waals surface area (Å²) in [7, 11) is 0. The number of benzene rings is 3. The van der Waals surface area contributed by atoms with Gasteiger partial charge in [0.1, 0.15) is 0 Å². The molecule has 132 valence electrons. The van der Waals surface area contributed by atoms with E-state index >= 15 is 0 Å². The molecule has 8 heteroatoms. The molecule has 26 heavy (non-hydrogen) atoms. The number of hydrogen-bond acceptors (Lipinski definition) is 2. The van der Waals surface area contributed by atoms with Gasteiger partial charge in [0.15, 0.2) is 23.3 Å². The minimum absolute atomic E-state index is 0.899. The van der Waals surface area contributed by atoms with E-state index in [0.29, 0.717) is 0 Å². The molecule has 0 amide bonds. The molecule has 0 aliphatic carbocycles. The summed E-state index contributed by atoms with van der Waals surface area (Å²) in [6.45, 7) is 0. The fraction of sp³-hybridized carbons (Fsp3) is 0. The van der Waals surface area contributed by atoms with Crippen LogP contribution in [0.4, 0.5) is 22.0 Å². The average Bonchev–Trinajstić information content (AvgIpc) is 2.68. The average molecular weight is 474 g/mol. The van der Waals surface area contributed by atoms with Gasteiger partial charge in [-0.3, -0.25) is 0 Å². The van der Waals surface area contributed by atoms with Crippen molar-refractivity contribution in [2.45, 2.75) is 0 Å². The minimum atomic E-state index is -2.13. The van der Waals surface area contributed by atoms with Crippen molar-refractivity contribution in [1.82, 2.24) is 9.97 Å². The Morgan fingerprint density at radius 1 is 0.500 bits per heavy atom. The molecule has 0 saturated carbocycles. The second-order valence-corrected chi connectivity index (χ2v) is 6.16. The molecular weight excluding hydrogens is 466 g/mol. The lowest BCUT2D eigenvalue weighted by Gasteiger charge is -2.00. The summed E-state index contributed by atoms with van der Waals surface area (Å²) >= 11 is 1.04. The normalized spacial score (nSPS) is 10.7. The highest BCUT2D eigenvalue weighted by molar-refractivity contribution is 14.1. The Bertz CT molecular complexity index is 907. The molecule has 4 rings (SSSR count). The molecule has 0 radical (unpaired) electrons. The van der Waals surface area contributed by atoms with Crippen molar-refractivity contribution in [3.63, 3.8) is 0 Å². The zero-order valence-electron chi connectivity index (χ0n) is 12.8. The Balaban J connectivity index is 0.000000153. The highest BCUT2D eigenvalue weighted by Gasteiger charge is 2.23. The second-order valence-electron chi connectivity index (χ2n) is 5.08. The Kier molecular flexibility index (Phi) is 5.30. The van der Waals surface area contributed by atoms with Crippen LogP contribution in [0.3, 0.4) is 0 Å². The van der Waals surface area contributed by atoms with Gasteiger partial charge in [0.2, 0.25) is 5.82 Å². The molecule has 0 atom stereocenters. The van der Waals surface area contributed by atoms with Crippen LogP contribution in [-0.2, 0) is 0 Å². The minimum Gasteiger partial charge on any atom is -0.245 e. The maximum atomic E-state index is 12.4. The largest absolute Gasteiger partial charge is 0.245 e. The molecule has 1 heterocycles. The summed E-state index contributed by atoms with van der Waals surface area (Å²) in [4.78, 5) is 9.03. The van der Waals surface area contributed by atoms with Crippen molar-refractivity contribution < 1.29 is 22.0 Å². The van der Waals surface area contributed by atoms with Crippen LogP contribution in [0.2, 0.25) is 0 Å². The van der Waals surface area contributed by atoms with E-state index in [-0.39, 0.29) is 0 Å². The van der Waals surface area contributed by atoms with Gasteiger partial charge in [0, 0.05) is 0 Å². The lowest BCUT2D eigenvalue weighted by atomic mass is 10.2. The number of nitrogens with zero attached hydrogens (tertiary/aromatic N) is 2. The van der Waals surface area contributed by atoms with Gasteiger partial charge in [-0.25, -0.2) is 31.9 Å². The summed E-state index contributed by atoms with van der Waals surface area (Å²) in [5.74, 6) is -9.57. The van der Waals surface area contributed by atoms with E-state index in [9.17, 15) is 22.0 Å². The Labute approximate surface area is 157 Å². The summed E-state index contributed by atoms with van der Waals surface area (Å²) in [5.41, 5.74) is 3.80. The number of rotatable bonds is 0. The van der Waals surface area contributed by atoms with Gasteiger partial charge >= 0.3 is 0 Å². The fourth-order valence-electron chi connectivity index (χ4n) is 2.14. The maximum Gasteiger partial charge on any atom is 0.200 e. The Hall–Kier alpha value is -2.36. The van der Waals surface area contributed by atoms with Crippen molar-refractivity contribution in [1.29, 1.82) is 0 Å². The maximum absolute atomic E-state index is 12.4. The lowest BCUT2D eigenvalue weighted by Crippen LogP contribution is -2.03. The molecule has 3 aromatic carbocycles. The zero-order valence-corrected chi connectivity index (χ0v) is 14.9. The first kappa shape index (κ1) is 18.4. The molecule has 0 spiro atoms. The van der Waals surface area contributed by atoms with Gasteiger partial charge in [-0.05, 0) is 46.9 Å². The van der Waals surface area contributed by atoms with Crippen molar-refractivity contribution in [3.05, 3.63) is 81.2 Å². The number of aromatic nitrogens is 2. The lowest BCUT2D eigenvalue weighted by molar-refractivity contribution is 0.373.